The minimum atomic E-state index is -0.0241. The maximum absolute atomic E-state index is 5.48. The van der Waals surface area contributed by atoms with Crippen molar-refractivity contribution in [3.8, 4) is 6.01 Å². The van der Waals surface area contributed by atoms with E-state index < -0.39 is 0 Å². The van der Waals surface area contributed by atoms with Crippen molar-refractivity contribution < 1.29 is 9.47 Å². The van der Waals surface area contributed by atoms with Crippen LogP contribution in [0.1, 0.15) is 34.1 Å². The van der Waals surface area contributed by atoms with Crippen LogP contribution in [0, 0.1) is 5.41 Å². The number of hydrogen-bond donors (Lipinski definition) is 3. The van der Waals surface area contributed by atoms with Gasteiger partial charge in [0.25, 0.3) is 0 Å². The van der Waals surface area contributed by atoms with Crippen molar-refractivity contribution >= 4 is 11.9 Å². The second kappa shape index (κ2) is 7.94. The van der Waals surface area contributed by atoms with E-state index in [-0.39, 0.29) is 23.5 Å². The summed E-state index contributed by atoms with van der Waals surface area (Å²) in [6.07, 6.45) is 0.905. The number of nitrogen functional groups attached to an aromatic ring is 1. The van der Waals surface area contributed by atoms with Gasteiger partial charge in [-0.05, 0) is 25.7 Å². The number of hydrogen-bond acceptors (Lipinski definition) is 8. The molecular weight excluding hydrogens is 272 g/mol. The molecular formula is C13H26N6O2. The van der Waals surface area contributed by atoms with Crippen LogP contribution in [-0.4, -0.2) is 41.3 Å². The first kappa shape index (κ1) is 17.4. The molecule has 21 heavy (non-hydrogen) atoms. The molecule has 0 aliphatic carbocycles. The second-order valence-electron chi connectivity index (χ2n) is 5.84. The first-order chi connectivity index (χ1) is 9.86. The summed E-state index contributed by atoms with van der Waals surface area (Å²) >= 11 is 0. The summed E-state index contributed by atoms with van der Waals surface area (Å²) in [6, 6.07) is 0.241. The normalized spacial score (nSPS) is 11.6. The standard InChI is InChI=1S/C13H26N6O2/c1-9(2)21-12-17-10(16-11(18-12)19-14)15-8-13(3,4)6-7-20-5/h9H,6-8,14H2,1-5H3,(H2,15,16,17,18,19). The van der Waals surface area contributed by atoms with Crippen LogP contribution in [0.4, 0.5) is 11.9 Å². The lowest BCUT2D eigenvalue weighted by atomic mass is 9.90. The third-order valence-electron chi connectivity index (χ3n) is 2.79. The zero-order valence-electron chi connectivity index (χ0n) is 13.4. The van der Waals surface area contributed by atoms with E-state index in [0.29, 0.717) is 19.1 Å². The zero-order valence-corrected chi connectivity index (χ0v) is 13.4. The summed E-state index contributed by atoms with van der Waals surface area (Å²) in [4.78, 5) is 12.4. The number of nitrogens with two attached hydrogens (primary N) is 1. The van der Waals surface area contributed by atoms with Gasteiger partial charge < -0.3 is 14.8 Å². The van der Waals surface area contributed by atoms with Gasteiger partial charge in [-0.1, -0.05) is 13.8 Å². The quantitative estimate of drug-likeness (QED) is 0.464. The van der Waals surface area contributed by atoms with Gasteiger partial charge in [0.2, 0.25) is 11.9 Å². The molecule has 8 heteroatoms. The lowest BCUT2D eigenvalue weighted by molar-refractivity contribution is 0.157. The smallest absolute Gasteiger partial charge is 0.323 e. The fraction of sp³-hybridized carbons (Fsp3) is 0.769. The second-order valence-corrected chi connectivity index (χ2v) is 5.84. The van der Waals surface area contributed by atoms with E-state index in [2.05, 4.69) is 39.5 Å². The van der Waals surface area contributed by atoms with E-state index in [0.717, 1.165) is 6.42 Å². The van der Waals surface area contributed by atoms with Crippen molar-refractivity contribution in [3.05, 3.63) is 0 Å². The third kappa shape index (κ3) is 6.54. The minimum absolute atomic E-state index is 0.0241. The van der Waals surface area contributed by atoms with Crippen LogP contribution in [0.5, 0.6) is 6.01 Å². The topological polar surface area (TPSA) is 107 Å². The lowest BCUT2D eigenvalue weighted by Gasteiger charge is -2.24. The van der Waals surface area contributed by atoms with Crippen LogP contribution in [0.25, 0.3) is 0 Å². The van der Waals surface area contributed by atoms with Gasteiger partial charge in [0.05, 0.1) is 6.10 Å². The Balaban J connectivity index is 2.73. The van der Waals surface area contributed by atoms with Crippen molar-refractivity contribution in [2.75, 3.05) is 31.0 Å². The molecule has 0 atom stereocenters. The zero-order chi connectivity index (χ0) is 15.9. The molecule has 0 radical (unpaired) electrons. The van der Waals surface area contributed by atoms with Crippen molar-refractivity contribution in [1.82, 2.24) is 15.0 Å². The number of hydrazine groups is 1. The molecule has 0 aliphatic heterocycles. The monoisotopic (exact) mass is 298 g/mol. The summed E-state index contributed by atoms with van der Waals surface area (Å²) in [7, 11) is 1.70. The molecule has 1 aromatic heterocycles. The summed E-state index contributed by atoms with van der Waals surface area (Å²) < 4.78 is 10.6. The van der Waals surface area contributed by atoms with Crippen LogP contribution in [0.2, 0.25) is 0 Å². The largest absolute Gasteiger partial charge is 0.461 e. The molecule has 4 N–H and O–H groups in total. The van der Waals surface area contributed by atoms with Crippen molar-refractivity contribution in [3.63, 3.8) is 0 Å². The molecule has 8 nitrogen and oxygen atoms in total. The Morgan fingerprint density at radius 1 is 1.19 bits per heavy atom. The number of rotatable bonds is 9. The van der Waals surface area contributed by atoms with Gasteiger partial charge in [-0.15, -0.1) is 0 Å². The van der Waals surface area contributed by atoms with Crippen LogP contribution in [-0.2, 0) is 4.74 Å². The highest BCUT2D eigenvalue weighted by Gasteiger charge is 2.18. The highest BCUT2D eigenvalue weighted by atomic mass is 16.5. The van der Waals surface area contributed by atoms with Crippen molar-refractivity contribution in [2.45, 2.75) is 40.2 Å². The van der Waals surface area contributed by atoms with Crippen LogP contribution in [0.3, 0.4) is 0 Å². The Kier molecular flexibility index (Phi) is 6.57. The highest BCUT2D eigenvalue weighted by molar-refractivity contribution is 5.35. The molecule has 0 aromatic carbocycles. The Morgan fingerprint density at radius 2 is 1.86 bits per heavy atom. The van der Waals surface area contributed by atoms with E-state index in [1.807, 2.05) is 13.8 Å². The summed E-state index contributed by atoms with van der Waals surface area (Å²) in [5.74, 6) is 6.06. The highest BCUT2D eigenvalue weighted by Crippen LogP contribution is 2.21. The van der Waals surface area contributed by atoms with Gasteiger partial charge >= 0.3 is 6.01 Å². The summed E-state index contributed by atoms with van der Waals surface area (Å²) in [5, 5.41) is 3.19. The minimum Gasteiger partial charge on any atom is -0.461 e. The van der Waals surface area contributed by atoms with Gasteiger partial charge in [-0.3, -0.25) is 5.43 Å². The maximum Gasteiger partial charge on any atom is 0.323 e. The third-order valence-corrected chi connectivity index (χ3v) is 2.79. The molecule has 0 spiro atoms. The van der Waals surface area contributed by atoms with E-state index in [1.54, 1.807) is 7.11 Å². The Bertz CT molecular complexity index is 439. The van der Waals surface area contributed by atoms with E-state index in [9.17, 15) is 0 Å². The molecule has 0 bridgehead atoms. The molecule has 120 valence electrons. The van der Waals surface area contributed by atoms with Gasteiger partial charge in [0.1, 0.15) is 0 Å². The number of methoxy groups -OCH3 is 1. The lowest BCUT2D eigenvalue weighted by Crippen LogP contribution is -2.26. The van der Waals surface area contributed by atoms with Crippen LogP contribution >= 0.6 is 0 Å². The van der Waals surface area contributed by atoms with Crippen LogP contribution in [0.15, 0.2) is 0 Å². The molecule has 0 fully saturated rings. The van der Waals surface area contributed by atoms with Gasteiger partial charge in [0.15, 0.2) is 0 Å². The number of aromatic nitrogens is 3. The Hall–Kier alpha value is -1.67. The van der Waals surface area contributed by atoms with Gasteiger partial charge in [-0.2, -0.15) is 15.0 Å². The number of anilines is 2. The molecule has 1 heterocycles. The molecule has 0 saturated carbocycles. The van der Waals surface area contributed by atoms with Gasteiger partial charge in [0, 0.05) is 20.3 Å². The summed E-state index contributed by atoms with van der Waals surface area (Å²) in [6.45, 7) is 9.51. The predicted molar refractivity (Wildman–Crippen MR) is 82.2 cm³/mol. The average molecular weight is 298 g/mol. The molecule has 0 amide bonds. The van der Waals surface area contributed by atoms with E-state index in [1.165, 1.54) is 0 Å². The van der Waals surface area contributed by atoms with E-state index >= 15 is 0 Å². The summed E-state index contributed by atoms with van der Waals surface area (Å²) in [5.41, 5.74) is 2.46. The Labute approximate surface area is 125 Å². The molecule has 0 aliphatic rings. The van der Waals surface area contributed by atoms with Gasteiger partial charge in [-0.25, -0.2) is 5.84 Å². The van der Waals surface area contributed by atoms with Crippen LogP contribution < -0.4 is 21.3 Å². The van der Waals surface area contributed by atoms with E-state index in [4.69, 9.17) is 15.3 Å². The predicted octanol–water partition coefficient (Wildman–Crippen LogP) is 1.42. The Morgan fingerprint density at radius 3 is 2.43 bits per heavy atom. The fourth-order valence-electron chi connectivity index (χ4n) is 1.55. The number of ether oxygens (including phenoxy) is 2. The molecule has 0 unspecified atom stereocenters. The maximum atomic E-state index is 5.48. The fourth-order valence-corrected chi connectivity index (χ4v) is 1.55. The average Bonchev–Trinajstić information content (AvgIpc) is 2.42. The van der Waals surface area contributed by atoms with Crippen molar-refractivity contribution in [1.29, 1.82) is 0 Å². The SMILES string of the molecule is COCCC(C)(C)CNc1nc(NN)nc(OC(C)C)n1. The number of nitrogens with zero attached hydrogens (tertiary/aromatic N) is 3. The molecule has 0 saturated heterocycles. The van der Waals surface area contributed by atoms with Crippen molar-refractivity contribution in [2.24, 2.45) is 11.3 Å². The first-order valence-corrected chi connectivity index (χ1v) is 6.98. The molecule has 1 aromatic rings. The molecule has 1 rings (SSSR count). The number of nitrogens with one attached hydrogen (secondary N) is 2. The first-order valence-electron chi connectivity index (χ1n) is 6.98.